The van der Waals surface area contributed by atoms with Crippen LogP contribution in [0.1, 0.15) is 26.7 Å². The molecule has 0 spiro atoms. The van der Waals surface area contributed by atoms with Crippen molar-refractivity contribution < 1.29 is 19.1 Å². The molecule has 0 radical (unpaired) electrons. The summed E-state index contributed by atoms with van der Waals surface area (Å²) in [6.07, 6.45) is 0.749. The topological polar surface area (TPSA) is 78.4 Å². The van der Waals surface area contributed by atoms with Crippen LogP contribution in [0.4, 0.5) is 14.9 Å². The van der Waals surface area contributed by atoms with E-state index in [1.807, 2.05) is 0 Å². The van der Waals surface area contributed by atoms with E-state index >= 15 is 0 Å². The average Bonchev–Trinajstić information content (AvgIpc) is 2.44. The van der Waals surface area contributed by atoms with E-state index in [1.54, 1.807) is 13.8 Å². The molecule has 21 heavy (non-hydrogen) atoms. The largest absolute Gasteiger partial charge is 0.481 e. The molecular weight excluding hydrogens is 299 g/mol. The summed E-state index contributed by atoms with van der Waals surface area (Å²) in [5.74, 6) is -1.63. The quantitative estimate of drug-likeness (QED) is 0.751. The van der Waals surface area contributed by atoms with E-state index in [0.29, 0.717) is 12.8 Å². The van der Waals surface area contributed by atoms with E-state index in [2.05, 4.69) is 10.6 Å². The van der Waals surface area contributed by atoms with Gasteiger partial charge in [-0.3, -0.25) is 4.79 Å². The number of anilines is 1. The van der Waals surface area contributed by atoms with Gasteiger partial charge in [0.15, 0.2) is 0 Å². The molecule has 0 aliphatic rings. The molecule has 0 atom stereocenters. The maximum atomic E-state index is 13.5. The number of halogens is 2. The number of carbonyl (C=O) groups is 2. The van der Waals surface area contributed by atoms with Gasteiger partial charge in [-0.05, 0) is 25.0 Å². The summed E-state index contributed by atoms with van der Waals surface area (Å²) >= 11 is 5.79. The van der Waals surface area contributed by atoms with Gasteiger partial charge in [0.05, 0.1) is 16.1 Å². The van der Waals surface area contributed by atoms with Gasteiger partial charge in [-0.25, -0.2) is 9.18 Å². The van der Waals surface area contributed by atoms with Crippen LogP contribution in [0.5, 0.6) is 0 Å². The summed E-state index contributed by atoms with van der Waals surface area (Å²) in [7, 11) is 0. The molecule has 0 bridgehead atoms. The summed E-state index contributed by atoms with van der Waals surface area (Å²) < 4.78 is 13.5. The van der Waals surface area contributed by atoms with Gasteiger partial charge in [0.1, 0.15) is 5.82 Å². The number of hydrogen-bond donors (Lipinski definition) is 3. The van der Waals surface area contributed by atoms with Gasteiger partial charge in [0, 0.05) is 6.54 Å². The molecular formula is C14H18ClFN2O3. The molecule has 7 heteroatoms. The lowest BCUT2D eigenvalue weighted by Crippen LogP contribution is -2.43. The monoisotopic (exact) mass is 316 g/mol. The molecule has 0 heterocycles. The summed E-state index contributed by atoms with van der Waals surface area (Å²) in [6.45, 7) is 3.43. The fourth-order valence-electron chi connectivity index (χ4n) is 1.90. The van der Waals surface area contributed by atoms with Gasteiger partial charge in [0.2, 0.25) is 0 Å². The lowest BCUT2D eigenvalue weighted by Gasteiger charge is -2.26. The molecule has 1 rings (SSSR count). The zero-order chi connectivity index (χ0) is 16.0. The van der Waals surface area contributed by atoms with E-state index in [1.165, 1.54) is 18.2 Å². The summed E-state index contributed by atoms with van der Waals surface area (Å²) in [6, 6.07) is 3.33. The van der Waals surface area contributed by atoms with E-state index in [-0.39, 0.29) is 17.3 Å². The van der Waals surface area contributed by atoms with Crippen molar-refractivity contribution in [1.82, 2.24) is 5.32 Å². The van der Waals surface area contributed by atoms with Crippen LogP contribution < -0.4 is 10.6 Å². The maximum Gasteiger partial charge on any atom is 0.319 e. The van der Waals surface area contributed by atoms with E-state index in [4.69, 9.17) is 11.6 Å². The van der Waals surface area contributed by atoms with Crippen molar-refractivity contribution in [3.05, 3.63) is 29.0 Å². The van der Waals surface area contributed by atoms with Crippen LogP contribution in [0.25, 0.3) is 0 Å². The molecule has 1 aromatic rings. The molecule has 3 N–H and O–H groups in total. The van der Waals surface area contributed by atoms with Crippen LogP contribution in [0.3, 0.4) is 0 Å². The summed E-state index contributed by atoms with van der Waals surface area (Å²) in [5, 5.41) is 14.1. The van der Waals surface area contributed by atoms with Crippen molar-refractivity contribution in [3.8, 4) is 0 Å². The summed E-state index contributed by atoms with van der Waals surface area (Å²) in [5.41, 5.74) is -1.17. The lowest BCUT2D eigenvalue weighted by atomic mass is 9.82. The number of carboxylic acids is 1. The third-order valence-electron chi connectivity index (χ3n) is 3.60. The fourth-order valence-corrected chi connectivity index (χ4v) is 2.11. The number of amides is 2. The van der Waals surface area contributed by atoms with Gasteiger partial charge >= 0.3 is 12.0 Å². The Bertz CT molecular complexity index is 513. The molecule has 0 aromatic heterocycles. The Hall–Kier alpha value is -1.82. The Morgan fingerprint density at radius 2 is 1.95 bits per heavy atom. The van der Waals surface area contributed by atoms with E-state index < -0.39 is 23.2 Å². The Kier molecular flexibility index (Phi) is 5.96. The van der Waals surface area contributed by atoms with Gasteiger partial charge < -0.3 is 15.7 Å². The molecule has 0 fully saturated rings. The molecule has 0 saturated heterocycles. The first kappa shape index (κ1) is 17.2. The van der Waals surface area contributed by atoms with Crippen LogP contribution in [0, 0.1) is 11.2 Å². The Labute approximate surface area is 127 Å². The molecule has 0 saturated carbocycles. The predicted molar refractivity (Wildman–Crippen MR) is 79.1 cm³/mol. The molecule has 0 unspecified atom stereocenters. The standard InChI is InChI=1S/C14H18ClFN2O3/c1-3-14(4-2,12(19)20)8-17-13(21)18-11-9(15)6-5-7-10(11)16/h5-7H,3-4,8H2,1-2H3,(H,19,20)(H2,17,18,21). The number of benzene rings is 1. The molecule has 0 aliphatic carbocycles. The first-order valence-electron chi connectivity index (χ1n) is 6.58. The first-order valence-corrected chi connectivity index (χ1v) is 6.96. The SMILES string of the molecule is CCC(CC)(CNC(=O)Nc1c(F)cccc1Cl)C(=O)O. The van der Waals surface area contributed by atoms with Crippen LogP contribution in [-0.4, -0.2) is 23.7 Å². The smallest absolute Gasteiger partial charge is 0.319 e. The number of hydrogen-bond acceptors (Lipinski definition) is 2. The molecule has 5 nitrogen and oxygen atoms in total. The third kappa shape index (κ3) is 4.07. The summed E-state index contributed by atoms with van der Waals surface area (Å²) in [4.78, 5) is 23.1. The van der Waals surface area contributed by atoms with Gasteiger partial charge in [-0.2, -0.15) is 0 Å². The highest BCUT2D eigenvalue weighted by Crippen LogP contribution is 2.26. The van der Waals surface area contributed by atoms with Gasteiger partial charge in [-0.15, -0.1) is 0 Å². The molecule has 1 aromatic carbocycles. The Morgan fingerprint density at radius 3 is 2.43 bits per heavy atom. The van der Waals surface area contributed by atoms with Crippen molar-refractivity contribution in [2.45, 2.75) is 26.7 Å². The fraction of sp³-hybridized carbons (Fsp3) is 0.429. The minimum atomic E-state index is -1.03. The van der Waals surface area contributed by atoms with Crippen LogP contribution in [0.2, 0.25) is 5.02 Å². The van der Waals surface area contributed by atoms with Crippen LogP contribution in [0.15, 0.2) is 18.2 Å². The Morgan fingerprint density at radius 1 is 1.33 bits per heavy atom. The minimum absolute atomic E-state index is 0.0484. The number of urea groups is 1. The third-order valence-corrected chi connectivity index (χ3v) is 3.91. The second kappa shape index (κ2) is 7.26. The number of rotatable bonds is 6. The number of carbonyl (C=O) groups excluding carboxylic acids is 1. The van der Waals surface area contributed by atoms with Crippen molar-refractivity contribution in [2.24, 2.45) is 5.41 Å². The normalized spacial score (nSPS) is 11.0. The lowest BCUT2D eigenvalue weighted by molar-refractivity contribution is -0.149. The van der Waals surface area contributed by atoms with Crippen LogP contribution >= 0.6 is 11.6 Å². The van der Waals surface area contributed by atoms with Crippen molar-refractivity contribution >= 4 is 29.3 Å². The Balaban J connectivity index is 2.72. The number of para-hydroxylation sites is 1. The van der Waals surface area contributed by atoms with Crippen molar-refractivity contribution in [3.63, 3.8) is 0 Å². The maximum absolute atomic E-state index is 13.5. The van der Waals surface area contributed by atoms with Gasteiger partial charge in [-0.1, -0.05) is 31.5 Å². The minimum Gasteiger partial charge on any atom is -0.481 e. The van der Waals surface area contributed by atoms with E-state index in [0.717, 1.165) is 0 Å². The second-order valence-electron chi connectivity index (χ2n) is 4.70. The van der Waals surface area contributed by atoms with Gasteiger partial charge in [0.25, 0.3) is 0 Å². The highest BCUT2D eigenvalue weighted by Gasteiger charge is 2.35. The molecule has 116 valence electrons. The highest BCUT2D eigenvalue weighted by atomic mass is 35.5. The van der Waals surface area contributed by atoms with E-state index in [9.17, 15) is 19.1 Å². The molecule has 0 aliphatic heterocycles. The van der Waals surface area contributed by atoms with Crippen molar-refractivity contribution in [1.29, 1.82) is 0 Å². The highest BCUT2D eigenvalue weighted by molar-refractivity contribution is 6.33. The average molecular weight is 317 g/mol. The van der Waals surface area contributed by atoms with Crippen molar-refractivity contribution in [2.75, 3.05) is 11.9 Å². The number of carboxylic acid groups (broad SMARTS) is 1. The zero-order valence-corrected chi connectivity index (χ0v) is 12.6. The predicted octanol–water partition coefficient (Wildman–Crippen LogP) is 3.49. The zero-order valence-electron chi connectivity index (χ0n) is 11.9. The van der Waals surface area contributed by atoms with Crippen LogP contribution in [-0.2, 0) is 4.79 Å². The first-order chi connectivity index (χ1) is 9.86. The number of nitrogens with one attached hydrogen (secondary N) is 2. The molecule has 2 amide bonds. The number of aliphatic carboxylic acids is 1. The second-order valence-corrected chi connectivity index (χ2v) is 5.10.